The summed E-state index contributed by atoms with van der Waals surface area (Å²) < 4.78 is 0. The Kier molecular flexibility index (Phi) is 6.15. The molecule has 1 amide bonds. The summed E-state index contributed by atoms with van der Waals surface area (Å²) in [5.74, 6) is -0.0140. The van der Waals surface area contributed by atoms with Crippen molar-refractivity contribution in [2.75, 3.05) is 18.0 Å². The van der Waals surface area contributed by atoms with Gasteiger partial charge in [-0.3, -0.25) is 14.5 Å². The van der Waals surface area contributed by atoms with Crippen molar-refractivity contribution in [1.29, 1.82) is 5.26 Å². The molecule has 2 N–H and O–H groups in total. The maximum Gasteiger partial charge on any atom is 0.253 e. The number of Topliss-reactive ketones (excluding diaryl/α,β-unsaturated/α-hetero) is 1. The van der Waals surface area contributed by atoms with Gasteiger partial charge in [-0.2, -0.15) is 5.26 Å². The first-order valence-electron chi connectivity index (χ1n) is 10.9. The topological polar surface area (TPSA) is 90.4 Å². The number of nitrogens with two attached hydrogens (primary N) is 1. The van der Waals surface area contributed by atoms with Gasteiger partial charge in [0.25, 0.3) is 5.91 Å². The first-order chi connectivity index (χ1) is 15.5. The van der Waals surface area contributed by atoms with Crippen LogP contribution in [0.25, 0.3) is 0 Å². The molecule has 4 rings (SSSR count). The van der Waals surface area contributed by atoms with Crippen LogP contribution in [-0.2, 0) is 4.79 Å². The summed E-state index contributed by atoms with van der Waals surface area (Å²) in [6.45, 7) is 5.20. The highest BCUT2D eigenvalue weighted by Gasteiger charge is 2.40. The van der Waals surface area contributed by atoms with Crippen molar-refractivity contribution in [3.05, 3.63) is 74.9 Å². The van der Waals surface area contributed by atoms with E-state index in [4.69, 9.17) is 5.73 Å². The average molecular weight is 447 g/mol. The van der Waals surface area contributed by atoms with Crippen LogP contribution in [0.15, 0.2) is 64.4 Å². The lowest BCUT2D eigenvalue weighted by Gasteiger charge is -2.39. The number of hydrogen-bond acceptors (Lipinski definition) is 6. The fourth-order valence-corrected chi connectivity index (χ4v) is 5.41. The van der Waals surface area contributed by atoms with E-state index in [1.165, 1.54) is 11.3 Å². The fraction of sp³-hybridized carbons (Fsp3) is 0.320. The van der Waals surface area contributed by atoms with E-state index in [-0.39, 0.29) is 11.7 Å². The number of anilines is 1. The SMILES string of the molecule is CCN(CC)C(=O)c1ccc(N2C(N)=C(C#N)[C@H](c3cccs3)C3=C2CCCC3=O)cc1. The molecule has 0 saturated carbocycles. The Bertz CT molecular complexity index is 1140. The van der Waals surface area contributed by atoms with Crippen molar-refractivity contribution in [3.8, 4) is 6.07 Å². The lowest BCUT2D eigenvalue weighted by molar-refractivity contribution is -0.116. The summed E-state index contributed by atoms with van der Waals surface area (Å²) >= 11 is 1.53. The first-order valence-corrected chi connectivity index (χ1v) is 11.8. The standard InChI is InChI=1S/C25H26N4O2S/c1-3-28(4-2)25(31)16-10-12-17(13-11-16)29-19-7-5-8-20(30)23(19)22(18(15-26)24(29)27)21-9-6-14-32-21/h6,9-14,22H,3-5,7-8,27H2,1-2H3/t22-/m1/s1. The Labute approximate surface area is 192 Å². The summed E-state index contributed by atoms with van der Waals surface area (Å²) in [6, 6.07) is 13.4. The second kappa shape index (κ2) is 9.01. The lowest BCUT2D eigenvalue weighted by Crippen LogP contribution is -2.38. The van der Waals surface area contributed by atoms with E-state index in [2.05, 4.69) is 6.07 Å². The second-order valence-corrected chi connectivity index (χ2v) is 8.84. The largest absolute Gasteiger partial charge is 0.384 e. The van der Waals surface area contributed by atoms with Gasteiger partial charge in [0.15, 0.2) is 5.78 Å². The van der Waals surface area contributed by atoms with Gasteiger partial charge in [-0.25, -0.2) is 0 Å². The van der Waals surface area contributed by atoms with Gasteiger partial charge in [-0.05, 0) is 62.4 Å². The van der Waals surface area contributed by atoms with E-state index in [1.807, 2.05) is 48.4 Å². The Morgan fingerprint density at radius 2 is 1.94 bits per heavy atom. The third-order valence-electron chi connectivity index (χ3n) is 6.16. The zero-order chi connectivity index (χ0) is 22.8. The van der Waals surface area contributed by atoms with Gasteiger partial charge in [0, 0.05) is 46.9 Å². The normalized spacial score (nSPS) is 18.5. The quantitative estimate of drug-likeness (QED) is 0.728. The van der Waals surface area contributed by atoms with Crippen LogP contribution in [0.2, 0.25) is 0 Å². The van der Waals surface area contributed by atoms with Crippen molar-refractivity contribution in [2.45, 2.75) is 39.0 Å². The molecule has 2 aromatic rings. The molecule has 1 aliphatic carbocycles. The van der Waals surface area contributed by atoms with E-state index in [0.717, 1.165) is 22.7 Å². The number of nitrogens with zero attached hydrogens (tertiary/aromatic N) is 3. The molecule has 0 spiro atoms. The Morgan fingerprint density at radius 1 is 1.22 bits per heavy atom. The van der Waals surface area contributed by atoms with Crippen LogP contribution < -0.4 is 10.6 Å². The molecule has 32 heavy (non-hydrogen) atoms. The number of rotatable bonds is 5. The number of amides is 1. The molecule has 6 nitrogen and oxygen atoms in total. The number of nitriles is 1. The van der Waals surface area contributed by atoms with Crippen molar-refractivity contribution in [1.82, 2.24) is 4.90 Å². The number of carbonyl (C=O) groups is 2. The molecule has 1 aromatic carbocycles. The maximum absolute atomic E-state index is 13.1. The van der Waals surface area contributed by atoms with E-state index < -0.39 is 5.92 Å². The van der Waals surface area contributed by atoms with Crippen molar-refractivity contribution in [3.63, 3.8) is 0 Å². The minimum Gasteiger partial charge on any atom is -0.384 e. The molecular formula is C25H26N4O2S. The molecule has 0 unspecified atom stereocenters. The minimum atomic E-state index is -0.414. The molecule has 1 aliphatic heterocycles. The number of carbonyl (C=O) groups excluding carboxylic acids is 2. The molecule has 1 atom stereocenters. The van der Waals surface area contributed by atoms with Crippen LogP contribution in [0.1, 0.15) is 54.3 Å². The van der Waals surface area contributed by atoms with Gasteiger partial charge in [0.2, 0.25) is 0 Å². The predicted molar refractivity (Wildman–Crippen MR) is 126 cm³/mol. The van der Waals surface area contributed by atoms with E-state index in [1.54, 1.807) is 17.0 Å². The smallest absolute Gasteiger partial charge is 0.253 e. The van der Waals surface area contributed by atoms with Crippen LogP contribution in [0.3, 0.4) is 0 Å². The van der Waals surface area contributed by atoms with E-state index in [0.29, 0.717) is 48.5 Å². The number of allylic oxidation sites excluding steroid dienone is 3. The second-order valence-electron chi connectivity index (χ2n) is 7.86. The highest BCUT2D eigenvalue weighted by molar-refractivity contribution is 7.10. The minimum absolute atomic E-state index is 0.0214. The van der Waals surface area contributed by atoms with Gasteiger partial charge in [-0.15, -0.1) is 11.3 Å². The van der Waals surface area contributed by atoms with Gasteiger partial charge >= 0.3 is 0 Å². The summed E-state index contributed by atoms with van der Waals surface area (Å²) in [7, 11) is 0. The molecule has 2 aliphatic rings. The van der Waals surface area contributed by atoms with Gasteiger partial charge in [0.05, 0.1) is 17.6 Å². The summed E-state index contributed by atoms with van der Waals surface area (Å²) in [5.41, 5.74) is 9.85. The maximum atomic E-state index is 13.1. The third-order valence-corrected chi connectivity index (χ3v) is 7.10. The highest BCUT2D eigenvalue weighted by atomic mass is 32.1. The van der Waals surface area contributed by atoms with Crippen LogP contribution in [0.4, 0.5) is 5.69 Å². The van der Waals surface area contributed by atoms with Crippen molar-refractivity contribution >= 4 is 28.7 Å². The molecule has 7 heteroatoms. The summed E-state index contributed by atoms with van der Waals surface area (Å²) in [4.78, 5) is 30.3. The molecule has 0 saturated heterocycles. The molecule has 0 fully saturated rings. The molecule has 2 heterocycles. The van der Waals surface area contributed by atoms with E-state index >= 15 is 0 Å². The Balaban J connectivity index is 1.80. The first kappa shape index (κ1) is 21.8. The molecule has 164 valence electrons. The van der Waals surface area contributed by atoms with Gasteiger partial charge < -0.3 is 10.6 Å². The summed E-state index contributed by atoms with van der Waals surface area (Å²) in [5, 5.41) is 12.0. The van der Waals surface area contributed by atoms with Gasteiger partial charge in [0.1, 0.15) is 5.82 Å². The number of thiophene rings is 1. The fourth-order valence-electron chi connectivity index (χ4n) is 4.57. The van der Waals surface area contributed by atoms with Crippen molar-refractivity contribution in [2.24, 2.45) is 5.73 Å². The molecule has 0 radical (unpaired) electrons. The zero-order valence-electron chi connectivity index (χ0n) is 18.3. The van der Waals surface area contributed by atoms with Crippen LogP contribution in [0, 0.1) is 11.3 Å². The number of ketones is 1. The predicted octanol–water partition coefficient (Wildman–Crippen LogP) is 4.53. The van der Waals surface area contributed by atoms with Crippen LogP contribution >= 0.6 is 11.3 Å². The molecule has 0 bridgehead atoms. The Morgan fingerprint density at radius 3 is 2.53 bits per heavy atom. The Hall–Kier alpha value is -3.37. The van der Waals surface area contributed by atoms with E-state index in [9.17, 15) is 14.9 Å². The van der Waals surface area contributed by atoms with Crippen LogP contribution in [0.5, 0.6) is 0 Å². The highest BCUT2D eigenvalue weighted by Crippen LogP contribution is 2.47. The average Bonchev–Trinajstić information content (AvgIpc) is 3.34. The van der Waals surface area contributed by atoms with Crippen molar-refractivity contribution < 1.29 is 9.59 Å². The van der Waals surface area contributed by atoms with Crippen LogP contribution in [-0.4, -0.2) is 29.7 Å². The lowest BCUT2D eigenvalue weighted by atomic mass is 9.78. The van der Waals surface area contributed by atoms with Gasteiger partial charge in [-0.1, -0.05) is 6.07 Å². The number of hydrogen-bond donors (Lipinski definition) is 1. The number of benzene rings is 1. The molecule has 1 aromatic heterocycles. The zero-order valence-corrected chi connectivity index (χ0v) is 19.1. The summed E-state index contributed by atoms with van der Waals surface area (Å²) in [6.07, 6.45) is 1.94. The monoisotopic (exact) mass is 446 g/mol. The third kappa shape index (κ3) is 3.61. The molecular weight excluding hydrogens is 420 g/mol.